The first-order valence-corrected chi connectivity index (χ1v) is 11.7. The molecule has 8 nitrogen and oxygen atoms in total. The maximum atomic E-state index is 11.9. The molecule has 0 spiro atoms. The van der Waals surface area contributed by atoms with E-state index in [1.54, 1.807) is 48.5 Å². The van der Waals surface area contributed by atoms with Crippen LogP contribution in [0.4, 0.5) is 0 Å². The van der Waals surface area contributed by atoms with Crippen molar-refractivity contribution >= 4 is 26.0 Å². The molecule has 0 aliphatic carbocycles. The van der Waals surface area contributed by atoms with Crippen LogP contribution >= 0.6 is 0 Å². The SMILES string of the molecule is Cc1ccc(S(=O)(=O)O)c(S(=O)(=O)O)c1.O=C(c1ccccc1)C(O)c1ccccc1. The van der Waals surface area contributed by atoms with Gasteiger partial charge >= 0.3 is 0 Å². The molecular formula is C21H20O8S2. The quantitative estimate of drug-likeness (QED) is 0.386. The third-order valence-electron chi connectivity index (χ3n) is 4.08. The minimum atomic E-state index is -4.68. The minimum absolute atomic E-state index is 0.271. The van der Waals surface area contributed by atoms with E-state index in [-0.39, 0.29) is 5.78 Å². The van der Waals surface area contributed by atoms with Gasteiger partial charge in [-0.05, 0) is 30.2 Å². The number of hydrogen-bond donors (Lipinski definition) is 3. The number of aryl methyl sites for hydroxylation is 1. The topological polar surface area (TPSA) is 146 Å². The van der Waals surface area contributed by atoms with Crippen LogP contribution in [0.2, 0.25) is 0 Å². The molecule has 10 heteroatoms. The normalized spacial score (nSPS) is 12.4. The molecule has 0 saturated carbocycles. The standard InChI is InChI=1S/C14H12O2.C7H8O6S2/c15-13(11-7-3-1-4-8-11)14(16)12-9-5-2-6-10-12;1-5-2-3-6(14(8,9)10)7(4-5)15(11,12)13/h1-10,13,15H;2-4H,1H3,(H,8,9,10)(H,11,12,13). The molecule has 0 aliphatic rings. The first-order chi connectivity index (χ1) is 14.4. The number of carbonyl (C=O) groups excluding carboxylic acids is 1. The molecule has 0 radical (unpaired) electrons. The molecule has 164 valence electrons. The molecule has 3 rings (SSSR count). The van der Waals surface area contributed by atoms with Crippen molar-refractivity contribution in [1.82, 2.24) is 0 Å². The molecule has 1 atom stereocenters. The zero-order chi connectivity index (χ0) is 23.2. The third-order valence-corrected chi connectivity index (χ3v) is 6.01. The fourth-order valence-electron chi connectivity index (χ4n) is 2.58. The number of aliphatic hydroxyl groups is 1. The Hall–Kier alpha value is -2.89. The summed E-state index contributed by atoms with van der Waals surface area (Å²) in [6.45, 7) is 1.52. The van der Waals surface area contributed by atoms with Gasteiger partial charge in [-0.15, -0.1) is 0 Å². The van der Waals surface area contributed by atoms with Crippen LogP contribution in [0, 0.1) is 6.92 Å². The second-order valence-electron chi connectivity index (χ2n) is 6.44. The van der Waals surface area contributed by atoms with Crippen molar-refractivity contribution < 1.29 is 35.8 Å². The smallest absolute Gasteiger partial charge is 0.295 e. The minimum Gasteiger partial charge on any atom is -0.380 e. The Balaban J connectivity index is 0.000000221. The number of benzene rings is 3. The predicted molar refractivity (Wildman–Crippen MR) is 113 cm³/mol. The lowest BCUT2D eigenvalue weighted by atomic mass is 10.0. The highest BCUT2D eigenvalue weighted by Crippen LogP contribution is 2.21. The first-order valence-electron chi connectivity index (χ1n) is 8.79. The highest BCUT2D eigenvalue weighted by Gasteiger charge is 2.23. The van der Waals surface area contributed by atoms with Crippen LogP contribution in [0.1, 0.15) is 27.6 Å². The summed E-state index contributed by atoms with van der Waals surface area (Å²) < 4.78 is 60.7. The zero-order valence-corrected chi connectivity index (χ0v) is 17.9. The average Bonchev–Trinajstić information content (AvgIpc) is 2.73. The lowest BCUT2D eigenvalue weighted by Crippen LogP contribution is -2.11. The number of Topliss-reactive ketones (excluding diaryl/α,β-unsaturated/α-hetero) is 1. The van der Waals surface area contributed by atoms with Crippen LogP contribution in [0.25, 0.3) is 0 Å². The maximum Gasteiger partial charge on any atom is 0.295 e. The van der Waals surface area contributed by atoms with Gasteiger partial charge in [0, 0.05) is 5.56 Å². The van der Waals surface area contributed by atoms with Crippen molar-refractivity contribution in [3.8, 4) is 0 Å². The summed E-state index contributed by atoms with van der Waals surface area (Å²) in [5, 5.41) is 9.89. The van der Waals surface area contributed by atoms with Crippen LogP contribution in [0.5, 0.6) is 0 Å². The lowest BCUT2D eigenvalue weighted by Gasteiger charge is -2.09. The van der Waals surface area contributed by atoms with Gasteiger partial charge in [0.15, 0.2) is 5.78 Å². The van der Waals surface area contributed by atoms with Crippen LogP contribution in [-0.2, 0) is 20.2 Å². The van der Waals surface area contributed by atoms with E-state index in [2.05, 4.69) is 0 Å². The summed E-state index contributed by atoms with van der Waals surface area (Å²) in [5.41, 5.74) is 1.59. The van der Waals surface area contributed by atoms with Crippen molar-refractivity contribution in [1.29, 1.82) is 0 Å². The van der Waals surface area contributed by atoms with Crippen molar-refractivity contribution in [2.75, 3.05) is 0 Å². The van der Waals surface area contributed by atoms with Gasteiger partial charge in [0.25, 0.3) is 20.2 Å². The van der Waals surface area contributed by atoms with Crippen LogP contribution < -0.4 is 0 Å². The van der Waals surface area contributed by atoms with E-state index < -0.39 is 36.1 Å². The van der Waals surface area contributed by atoms with E-state index in [9.17, 15) is 26.7 Å². The van der Waals surface area contributed by atoms with E-state index in [4.69, 9.17) is 9.11 Å². The summed E-state index contributed by atoms with van der Waals surface area (Å²) >= 11 is 0. The van der Waals surface area contributed by atoms with Gasteiger partial charge in [0.05, 0.1) is 0 Å². The van der Waals surface area contributed by atoms with Crippen molar-refractivity contribution in [2.24, 2.45) is 0 Å². The molecule has 3 aromatic rings. The second kappa shape index (κ2) is 9.94. The fraction of sp³-hybridized carbons (Fsp3) is 0.0952. The van der Waals surface area contributed by atoms with E-state index in [1.165, 1.54) is 13.0 Å². The molecule has 3 N–H and O–H groups in total. The van der Waals surface area contributed by atoms with Gasteiger partial charge in [-0.2, -0.15) is 16.8 Å². The van der Waals surface area contributed by atoms with Gasteiger partial charge < -0.3 is 5.11 Å². The molecule has 31 heavy (non-hydrogen) atoms. The van der Waals surface area contributed by atoms with E-state index in [1.807, 2.05) is 12.1 Å². The van der Waals surface area contributed by atoms with Gasteiger partial charge in [-0.1, -0.05) is 66.7 Å². The Labute approximate surface area is 180 Å². The van der Waals surface area contributed by atoms with E-state index in [0.717, 1.165) is 12.1 Å². The van der Waals surface area contributed by atoms with Crippen molar-refractivity contribution in [2.45, 2.75) is 22.8 Å². The Kier molecular flexibility index (Phi) is 7.82. The average molecular weight is 465 g/mol. The number of rotatable bonds is 5. The summed E-state index contributed by atoms with van der Waals surface area (Å²) in [6.07, 6.45) is -1.08. The third kappa shape index (κ3) is 6.81. The fourth-order valence-corrected chi connectivity index (χ4v) is 4.42. The maximum absolute atomic E-state index is 11.9. The van der Waals surface area contributed by atoms with Crippen LogP contribution in [0.15, 0.2) is 88.7 Å². The molecule has 0 heterocycles. The molecule has 0 aromatic heterocycles. The number of ketones is 1. The zero-order valence-electron chi connectivity index (χ0n) is 16.3. The van der Waals surface area contributed by atoms with Gasteiger partial charge in [0.2, 0.25) is 0 Å². The number of carbonyl (C=O) groups is 1. The molecule has 1 unspecified atom stereocenters. The summed E-state index contributed by atoms with van der Waals surface area (Å²) in [5.74, 6) is -0.271. The molecule has 0 aliphatic heterocycles. The Morgan fingerprint density at radius 3 is 1.71 bits per heavy atom. The number of aliphatic hydroxyl groups excluding tert-OH is 1. The van der Waals surface area contributed by atoms with E-state index >= 15 is 0 Å². The molecule has 0 bridgehead atoms. The summed E-state index contributed by atoms with van der Waals surface area (Å²) in [7, 11) is -9.35. The molecule has 0 saturated heterocycles. The van der Waals surface area contributed by atoms with Crippen molar-refractivity contribution in [3.63, 3.8) is 0 Å². The first kappa shape index (κ1) is 24.4. The van der Waals surface area contributed by atoms with Gasteiger partial charge in [0.1, 0.15) is 15.9 Å². The monoisotopic (exact) mass is 464 g/mol. The van der Waals surface area contributed by atoms with Gasteiger partial charge in [-0.25, -0.2) is 0 Å². The van der Waals surface area contributed by atoms with E-state index in [0.29, 0.717) is 16.7 Å². The van der Waals surface area contributed by atoms with Gasteiger partial charge in [-0.3, -0.25) is 13.9 Å². The molecule has 0 amide bonds. The second-order valence-corrected chi connectivity index (χ2v) is 9.22. The number of hydrogen-bond acceptors (Lipinski definition) is 6. The predicted octanol–water partition coefficient (Wildman–Crippen LogP) is 3.09. The Morgan fingerprint density at radius 1 is 0.742 bits per heavy atom. The largest absolute Gasteiger partial charge is 0.380 e. The molecule has 3 aromatic carbocycles. The summed E-state index contributed by atoms with van der Waals surface area (Å²) in [6, 6.07) is 20.9. The van der Waals surface area contributed by atoms with Crippen molar-refractivity contribution in [3.05, 3.63) is 95.6 Å². The lowest BCUT2D eigenvalue weighted by molar-refractivity contribution is 0.0747. The van der Waals surface area contributed by atoms with Crippen LogP contribution in [-0.4, -0.2) is 36.8 Å². The molecular weight excluding hydrogens is 444 g/mol. The summed E-state index contributed by atoms with van der Waals surface area (Å²) in [4.78, 5) is 10.2. The Morgan fingerprint density at radius 2 is 1.23 bits per heavy atom. The molecule has 0 fully saturated rings. The highest BCUT2D eigenvalue weighted by atomic mass is 32.2. The Bertz CT molecular complexity index is 1250. The van der Waals surface area contributed by atoms with Crippen LogP contribution in [0.3, 0.4) is 0 Å². The highest BCUT2D eigenvalue weighted by molar-refractivity contribution is 7.89.